The van der Waals surface area contributed by atoms with Gasteiger partial charge in [0, 0.05) is 28.6 Å². The van der Waals surface area contributed by atoms with Gasteiger partial charge in [-0.1, -0.05) is 15.9 Å². The molecule has 1 aromatic heterocycles. The Labute approximate surface area is 102 Å². The fourth-order valence-corrected chi connectivity index (χ4v) is 2.19. The highest BCUT2D eigenvalue weighted by atomic mass is 79.9. The number of carbonyl (C=O) groups excluding carboxylic acids is 1. The zero-order chi connectivity index (χ0) is 11.7. The summed E-state index contributed by atoms with van der Waals surface area (Å²) in [5, 5.41) is 3.76. The second-order valence-electron chi connectivity index (χ2n) is 3.77. The van der Waals surface area contributed by atoms with Crippen LogP contribution < -0.4 is 5.32 Å². The average Bonchev–Trinajstić information content (AvgIpc) is 2.69. The largest absolute Gasteiger partial charge is 0.361 e. The third-order valence-electron chi connectivity index (χ3n) is 2.78. The van der Waals surface area contributed by atoms with E-state index >= 15 is 0 Å². The van der Waals surface area contributed by atoms with Crippen molar-refractivity contribution >= 4 is 32.7 Å². The summed E-state index contributed by atoms with van der Waals surface area (Å²) >= 11 is 3.44. The van der Waals surface area contributed by atoms with E-state index in [9.17, 15) is 4.79 Å². The van der Waals surface area contributed by atoms with Gasteiger partial charge in [0.1, 0.15) is 0 Å². The molecule has 2 rings (SSSR count). The van der Waals surface area contributed by atoms with Crippen molar-refractivity contribution in [3.8, 4) is 0 Å². The molecule has 0 spiro atoms. The third-order valence-corrected chi connectivity index (χ3v) is 3.28. The lowest BCUT2D eigenvalue weighted by molar-refractivity contribution is -0.121. The number of carbonyl (C=O) groups is 1. The van der Waals surface area contributed by atoms with Crippen LogP contribution in [0, 0.1) is 0 Å². The van der Waals surface area contributed by atoms with E-state index in [1.54, 1.807) is 7.05 Å². The number of nitrogens with one attached hydrogen (secondary N) is 2. The van der Waals surface area contributed by atoms with Crippen LogP contribution in [0.25, 0.3) is 10.9 Å². The van der Waals surface area contributed by atoms with Gasteiger partial charge in [0.05, 0.1) is 5.92 Å². The topological polar surface area (TPSA) is 44.9 Å². The number of hydrogen-bond donors (Lipinski definition) is 2. The first-order chi connectivity index (χ1) is 7.63. The molecule has 1 heterocycles. The standard InChI is InChI=1S/C12H13BrN2O/c1-7(12(16)14-2)10-6-15-11-4-3-8(13)5-9(10)11/h3-7,15H,1-2H3,(H,14,16). The number of hydrogen-bond acceptors (Lipinski definition) is 1. The highest BCUT2D eigenvalue weighted by Crippen LogP contribution is 2.27. The SMILES string of the molecule is CNC(=O)C(C)c1c[nH]c2ccc(Br)cc12. The lowest BCUT2D eigenvalue weighted by Crippen LogP contribution is -2.23. The number of amides is 1. The molecule has 1 aromatic carbocycles. The molecule has 1 atom stereocenters. The molecule has 0 saturated heterocycles. The average molecular weight is 281 g/mol. The van der Waals surface area contributed by atoms with Crippen molar-refractivity contribution in [1.82, 2.24) is 10.3 Å². The summed E-state index contributed by atoms with van der Waals surface area (Å²) in [7, 11) is 1.66. The summed E-state index contributed by atoms with van der Waals surface area (Å²) in [6.45, 7) is 1.91. The van der Waals surface area contributed by atoms with Gasteiger partial charge in [-0.3, -0.25) is 4.79 Å². The molecule has 0 bridgehead atoms. The molecule has 0 saturated carbocycles. The van der Waals surface area contributed by atoms with Crippen molar-refractivity contribution in [2.24, 2.45) is 0 Å². The fourth-order valence-electron chi connectivity index (χ4n) is 1.83. The first-order valence-corrected chi connectivity index (χ1v) is 5.91. The van der Waals surface area contributed by atoms with Gasteiger partial charge in [-0.2, -0.15) is 0 Å². The highest BCUT2D eigenvalue weighted by molar-refractivity contribution is 9.10. The second kappa shape index (κ2) is 4.29. The Morgan fingerprint density at radius 1 is 1.50 bits per heavy atom. The molecular weight excluding hydrogens is 268 g/mol. The van der Waals surface area contributed by atoms with Crippen molar-refractivity contribution in [3.05, 3.63) is 34.4 Å². The third kappa shape index (κ3) is 1.85. The van der Waals surface area contributed by atoms with Gasteiger partial charge in [0.2, 0.25) is 5.91 Å². The van der Waals surface area contributed by atoms with Crippen molar-refractivity contribution in [1.29, 1.82) is 0 Å². The van der Waals surface area contributed by atoms with Crippen molar-refractivity contribution in [3.63, 3.8) is 0 Å². The van der Waals surface area contributed by atoms with Crippen LogP contribution in [0.2, 0.25) is 0 Å². The van der Waals surface area contributed by atoms with Gasteiger partial charge < -0.3 is 10.3 Å². The summed E-state index contributed by atoms with van der Waals surface area (Å²) in [5.41, 5.74) is 2.07. The van der Waals surface area contributed by atoms with Crippen LogP contribution in [0.15, 0.2) is 28.9 Å². The van der Waals surface area contributed by atoms with Crippen LogP contribution >= 0.6 is 15.9 Å². The number of aromatic nitrogens is 1. The molecule has 16 heavy (non-hydrogen) atoms. The van der Waals surface area contributed by atoms with Gasteiger partial charge in [0.25, 0.3) is 0 Å². The smallest absolute Gasteiger partial charge is 0.227 e. The number of H-pyrrole nitrogens is 1. The Kier molecular flexibility index (Phi) is 3.01. The predicted molar refractivity (Wildman–Crippen MR) is 68.5 cm³/mol. The molecular formula is C12H13BrN2O. The second-order valence-corrected chi connectivity index (χ2v) is 4.69. The first kappa shape index (κ1) is 11.2. The predicted octanol–water partition coefficient (Wildman–Crippen LogP) is 2.78. The molecule has 0 aliphatic carbocycles. The summed E-state index contributed by atoms with van der Waals surface area (Å²) in [6.07, 6.45) is 1.90. The minimum absolute atomic E-state index is 0.0286. The molecule has 1 amide bonds. The summed E-state index contributed by atoms with van der Waals surface area (Å²) in [4.78, 5) is 14.8. The van der Waals surface area contributed by atoms with E-state index in [-0.39, 0.29) is 11.8 Å². The maximum atomic E-state index is 11.6. The number of halogens is 1. The van der Waals surface area contributed by atoms with E-state index < -0.39 is 0 Å². The van der Waals surface area contributed by atoms with Crippen LogP contribution in [-0.4, -0.2) is 17.9 Å². The molecule has 2 aromatic rings. The molecule has 84 valence electrons. The monoisotopic (exact) mass is 280 g/mol. The van der Waals surface area contributed by atoms with Crippen LogP contribution in [0.1, 0.15) is 18.4 Å². The number of rotatable bonds is 2. The van der Waals surface area contributed by atoms with Crippen LogP contribution in [0.4, 0.5) is 0 Å². The maximum absolute atomic E-state index is 11.6. The minimum Gasteiger partial charge on any atom is -0.361 e. The zero-order valence-corrected chi connectivity index (χ0v) is 10.8. The van der Waals surface area contributed by atoms with E-state index in [0.29, 0.717) is 0 Å². The lowest BCUT2D eigenvalue weighted by Gasteiger charge is -2.08. The zero-order valence-electron chi connectivity index (χ0n) is 9.17. The Morgan fingerprint density at radius 2 is 2.25 bits per heavy atom. The van der Waals surface area contributed by atoms with Crippen LogP contribution in [0.3, 0.4) is 0 Å². The minimum atomic E-state index is -0.145. The molecule has 0 fully saturated rings. The molecule has 1 unspecified atom stereocenters. The summed E-state index contributed by atoms with van der Waals surface area (Å²) in [5.74, 6) is -0.117. The van der Waals surface area contributed by atoms with E-state index in [2.05, 4.69) is 26.2 Å². The Morgan fingerprint density at radius 3 is 2.94 bits per heavy atom. The van der Waals surface area contributed by atoms with Gasteiger partial charge in [-0.15, -0.1) is 0 Å². The van der Waals surface area contributed by atoms with Gasteiger partial charge in [-0.25, -0.2) is 0 Å². The van der Waals surface area contributed by atoms with E-state index in [0.717, 1.165) is 20.9 Å². The van der Waals surface area contributed by atoms with E-state index in [4.69, 9.17) is 0 Å². The van der Waals surface area contributed by atoms with Crippen molar-refractivity contribution in [2.75, 3.05) is 7.05 Å². The highest BCUT2D eigenvalue weighted by Gasteiger charge is 2.17. The number of likely N-dealkylation sites (N-methyl/N-ethyl adjacent to an activating group) is 1. The molecule has 0 radical (unpaired) electrons. The Bertz CT molecular complexity index is 533. The molecule has 2 N–H and O–H groups in total. The van der Waals surface area contributed by atoms with Gasteiger partial charge in [-0.05, 0) is 30.7 Å². The number of benzene rings is 1. The van der Waals surface area contributed by atoms with Crippen molar-refractivity contribution < 1.29 is 4.79 Å². The van der Waals surface area contributed by atoms with Crippen LogP contribution in [-0.2, 0) is 4.79 Å². The molecule has 4 heteroatoms. The summed E-state index contributed by atoms with van der Waals surface area (Å²) in [6, 6.07) is 6.01. The Hall–Kier alpha value is -1.29. The van der Waals surface area contributed by atoms with Gasteiger partial charge >= 0.3 is 0 Å². The quantitative estimate of drug-likeness (QED) is 0.873. The summed E-state index contributed by atoms with van der Waals surface area (Å²) < 4.78 is 1.02. The number of fused-ring (bicyclic) bond motifs is 1. The van der Waals surface area contributed by atoms with Crippen LogP contribution in [0.5, 0.6) is 0 Å². The molecule has 0 aliphatic heterocycles. The molecule has 0 aliphatic rings. The fraction of sp³-hybridized carbons (Fsp3) is 0.250. The van der Waals surface area contributed by atoms with E-state index in [1.807, 2.05) is 31.3 Å². The Balaban J connectivity index is 2.52. The normalized spacial score (nSPS) is 12.7. The lowest BCUT2D eigenvalue weighted by atomic mass is 10.00. The van der Waals surface area contributed by atoms with E-state index in [1.165, 1.54) is 0 Å². The first-order valence-electron chi connectivity index (χ1n) is 5.11. The number of aromatic amines is 1. The maximum Gasteiger partial charge on any atom is 0.227 e. The molecule has 3 nitrogen and oxygen atoms in total. The van der Waals surface area contributed by atoms with Crippen molar-refractivity contribution in [2.45, 2.75) is 12.8 Å². The van der Waals surface area contributed by atoms with Gasteiger partial charge in [0.15, 0.2) is 0 Å².